The Kier molecular flexibility index (Phi) is 32.3. The lowest BCUT2D eigenvalue weighted by Crippen LogP contribution is -2.58. The molecule has 0 aliphatic carbocycles. The Hall–Kier alpha value is -2.34. The molecule has 0 radical (unpaired) electrons. The van der Waals surface area contributed by atoms with Gasteiger partial charge in [0.25, 0.3) is 0 Å². The van der Waals surface area contributed by atoms with Crippen LogP contribution in [0.25, 0.3) is 0 Å². The summed E-state index contributed by atoms with van der Waals surface area (Å²) >= 11 is 1.31. The molecule has 7 atom stereocenters. The number of ether oxygens (including phenoxy) is 3. The van der Waals surface area contributed by atoms with Gasteiger partial charge in [-0.25, -0.2) is 4.68 Å². The predicted molar refractivity (Wildman–Crippen MR) is 244 cm³/mol. The molecule has 62 heavy (non-hydrogen) atoms. The van der Waals surface area contributed by atoms with Crippen molar-refractivity contribution >= 4 is 35.4 Å². The average Bonchev–Trinajstić information content (AvgIpc) is 3.70. The largest absolute Gasteiger partial charge is 0.462 e. The summed E-state index contributed by atoms with van der Waals surface area (Å²) in [6.07, 6.45) is 25.4. The topological polar surface area (TPSA) is 229 Å². The van der Waals surface area contributed by atoms with E-state index in [1.54, 1.807) is 0 Å². The zero-order valence-corrected chi connectivity index (χ0v) is 39.1. The third-order valence-corrected chi connectivity index (χ3v) is 12.7. The number of nitrogens with zero attached hydrogens (tertiary/aromatic N) is 3. The lowest BCUT2D eigenvalue weighted by atomic mass is 9.99. The molecule has 1 aromatic heterocycles. The molecule has 0 spiro atoms. The van der Waals surface area contributed by atoms with Gasteiger partial charge in [0.05, 0.1) is 18.8 Å². The molecular weight excluding hydrogens is 815 g/mol. The number of unbranched alkanes of at least 4 members (excludes halogenated alkanes) is 24. The van der Waals surface area contributed by atoms with E-state index in [4.69, 9.17) is 19.9 Å². The Morgan fingerprint density at radius 3 is 1.66 bits per heavy atom. The van der Waals surface area contributed by atoms with Crippen molar-refractivity contribution < 1.29 is 49.0 Å². The van der Waals surface area contributed by atoms with Gasteiger partial charge in [0.15, 0.2) is 12.1 Å². The second-order valence-corrected chi connectivity index (χ2v) is 18.4. The van der Waals surface area contributed by atoms with Gasteiger partial charge in [-0.2, -0.15) is 11.8 Å². The first-order chi connectivity index (χ1) is 30.0. The number of hydrogen-bond acceptors (Lipinski definition) is 14. The number of aliphatic hydroxyl groups excluding tert-OH is 4. The SMILES string of the molecule is CCCCCCCCCCCCCCCC(=O)OC[C@H](CSC[C@@H](N)C(=O)Nc1cn(CC2OC(O)C(O)C(O)C2O)nn1)OC(=O)CCCCCCCCCCCCCCC. The molecule has 0 aromatic carbocycles. The second-order valence-electron chi connectivity index (χ2n) is 17.3. The number of aromatic nitrogens is 3. The summed E-state index contributed by atoms with van der Waals surface area (Å²) in [4.78, 5) is 38.4. The molecule has 1 amide bonds. The van der Waals surface area contributed by atoms with Gasteiger partial charge in [-0.3, -0.25) is 14.4 Å². The molecule has 0 saturated carbocycles. The zero-order valence-electron chi connectivity index (χ0n) is 38.3. The van der Waals surface area contributed by atoms with Crippen LogP contribution in [0.15, 0.2) is 6.20 Å². The van der Waals surface area contributed by atoms with Gasteiger partial charge in [-0.05, 0) is 12.8 Å². The number of amides is 1. The summed E-state index contributed by atoms with van der Waals surface area (Å²) in [6.45, 7) is 4.30. The van der Waals surface area contributed by atoms with Crippen LogP contribution in [0, 0.1) is 0 Å². The fourth-order valence-electron chi connectivity index (χ4n) is 7.53. The van der Waals surface area contributed by atoms with E-state index < -0.39 is 48.8 Å². The number of carbonyl (C=O) groups is 3. The highest BCUT2D eigenvalue weighted by atomic mass is 32.2. The Labute approximate surface area is 376 Å². The van der Waals surface area contributed by atoms with E-state index in [0.29, 0.717) is 12.8 Å². The fourth-order valence-corrected chi connectivity index (χ4v) is 8.49. The van der Waals surface area contributed by atoms with Gasteiger partial charge in [0.2, 0.25) is 5.91 Å². The summed E-state index contributed by atoms with van der Waals surface area (Å²) in [6, 6.07) is -0.958. The second kappa shape index (κ2) is 35.9. The molecule has 360 valence electrons. The van der Waals surface area contributed by atoms with E-state index in [1.165, 1.54) is 151 Å². The first-order valence-corrected chi connectivity index (χ1v) is 25.5. The number of nitrogens with two attached hydrogens (primary N) is 1. The highest BCUT2D eigenvalue weighted by molar-refractivity contribution is 7.99. The number of aliphatic hydroxyl groups is 4. The lowest BCUT2D eigenvalue weighted by molar-refractivity contribution is -0.284. The van der Waals surface area contributed by atoms with Crippen LogP contribution in [0.2, 0.25) is 0 Å². The number of thioether (sulfide) groups is 1. The van der Waals surface area contributed by atoms with Gasteiger partial charge >= 0.3 is 11.9 Å². The van der Waals surface area contributed by atoms with Crippen molar-refractivity contribution in [3.05, 3.63) is 6.20 Å². The Morgan fingerprint density at radius 2 is 1.16 bits per heavy atom. The molecule has 1 aliphatic heterocycles. The Balaban J connectivity index is 1.73. The molecular formula is C46H85N5O10S. The minimum absolute atomic E-state index is 0.0639. The maximum atomic E-state index is 12.9. The molecule has 1 saturated heterocycles. The van der Waals surface area contributed by atoms with Crippen molar-refractivity contribution in [2.24, 2.45) is 5.73 Å². The number of nitrogens with one attached hydrogen (secondary N) is 1. The third kappa shape index (κ3) is 26.4. The molecule has 2 heterocycles. The van der Waals surface area contributed by atoms with Crippen LogP contribution in [0.5, 0.6) is 0 Å². The third-order valence-electron chi connectivity index (χ3n) is 11.5. The smallest absolute Gasteiger partial charge is 0.306 e. The molecule has 1 fully saturated rings. The van der Waals surface area contributed by atoms with E-state index in [2.05, 4.69) is 29.5 Å². The number of rotatable bonds is 39. The number of hydrogen-bond donors (Lipinski definition) is 6. The molecule has 1 aromatic rings. The summed E-state index contributed by atoms with van der Waals surface area (Å²) < 4.78 is 17.8. The molecule has 2 rings (SSSR count). The minimum atomic E-state index is -1.69. The van der Waals surface area contributed by atoms with E-state index >= 15 is 0 Å². The van der Waals surface area contributed by atoms with Gasteiger partial charge in [-0.15, -0.1) is 5.10 Å². The fraction of sp³-hybridized carbons (Fsp3) is 0.891. The van der Waals surface area contributed by atoms with Crippen molar-refractivity contribution in [3.63, 3.8) is 0 Å². The van der Waals surface area contributed by atoms with Crippen LogP contribution in [0.1, 0.15) is 194 Å². The Bertz CT molecular complexity index is 1290. The van der Waals surface area contributed by atoms with Crippen molar-refractivity contribution in [3.8, 4) is 0 Å². The van der Waals surface area contributed by atoms with Crippen LogP contribution in [-0.4, -0.2) is 114 Å². The zero-order chi connectivity index (χ0) is 45.2. The summed E-state index contributed by atoms with van der Waals surface area (Å²) in [7, 11) is 0. The van der Waals surface area contributed by atoms with E-state index in [9.17, 15) is 34.8 Å². The highest BCUT2D eigenvalue weighted by Crippen LogP contribution is 2.22. The molecule has 16 heteroatoms. The maximum absolute atomic E-state index is 12.9. The van der Waals surface area contributed by atoms with Gasteiger partial charge in [0.1, 0.15) is 37.1 Å². The van der Waals surface area contributed by atoms with E-state index in [0.717, 1.165) is 38.5 Å². The normalized spacial score (nSPS) is 19.9. The van der Waals surface area contributed by atoms with Crippen molar-refractivity contribution in [1.82, 2.24) is 15.0 Å². The van der Waals surface area contributed by atoms with Crippen molar-refractivity contribution in [2.75, 3.05) is 23.4 Å². The van der Waals surface area contributed by atoms with Crippen LogP contribution in [-0.2, 0) is 35.1 Å². The molecule has 0 bridgehead atoms. The summed E-state index contributed by atoms with van der Waals surface area (Å²) in [5.74, 6) is -0.634. The van der Waals surface area contributed by atoms with Crippen LogP contribution in [0.3, 0.4) is 0 Å². The van der Waals surface area contributed by atoms with Crippen LogP contribution >= 0.6 is 11.8 Å². The van der Waals surface area contributed by atoms with Gasteiger partial charge in [0, 0.05) is 24.3 Å². The van der Waals surface area contributed by atoms with Crippen LogP contribution < -0.4 is 11.1 Å². The van der Waals surface area contributed by atoms with E-state index in [-0.39, 0.29) is 42.4 Å². The lowest BCUT2D eigenvalue weighted by Gasteiger charge is -2.38. The first kappa shape index (κ1) is 55.8. The highest BCUT2D eigenvalue weighted by Gasteiger charge is 2.43. The average molecular weight is 900 g/mol. The maximum Gasteiger partial charge on any atom is 0.306 e. The van der Waals surface area contributed by atoms with E-state index in [1.807, 2.05) is 0 Å². The quantitative estimate of drug-likeness (QED) is 0.0278. The summed E-state index contributed by atoms with van der Waals surface area (Å²) in [5.41, 5.74) is 6.18. The number of esters is 2. The Morgan fingerprint density at radius 1 is 0.694 bits per heavy atom. The molecule has 7 N–H and O–H groups in total. The van der Waals surface area contributed by atoms with Crippen molar-refractivity contribution in [1.29, 1.82) is 0 Å². The first-order valence-electron chi connectivity index (χ1n) is 24.3. The van der Waals surface area contributed by atoms with Gasteiger partial charge in [-0.1, -0.05) is 173 Å². The number of anilines is 1. The summed E-state index contributed by atoms with van der Waals surface area (Å²) in [5, 5.41) is 50.0. The van der Waals surface area contributed by atoms with Crippen LogP contribution in [0.4, 0.5) is 5.82 Å². The number of carbonyl (C=O) groups excluding carboxylic acids is 3. The van der Waals surface area contributed by atoms with Crippen molar-refractivity contribution in [2.45, 2.75) is 243 Å². The monoisotopic (exact) mass is 900 g/mol. The minimum Gasteiger partial charge on any atom is -0.462 e. The predicted octanol–water partition coefficient (Wildman–Crippen LogP) is 7.49. The molecule has 1 aliphatic rings. The van der Waals surface area contributed by atoms with Gasteiger partial charge < -0.3 is 45.7 Å². The molecule has 15 nitrogen and oxygen atoms in total. The standard InChI is InChI=1S/C46H85N5O10S/c1-3-5-7-9-11-13-15-17-19-21-23-25-27-29-40(52)59-33-36(60-41(53)30-28-26-24-22-20-18-16-14-12-10-8-6-4-2)34-62-35-37(47)45(57)48-39-32-51(50-49-39)31-38-42(54)43(55)44(56)46(58)61-38/h32,36-38,42-44,46,54-56,58H,3-31,33-35,47H2,1-2H3,(H,48,57)/t36-,37-,38?,42?,43?,44?,46?/m1/s1. The molecule has 5 unspecified atom stereocenters.